The third-order valence-corrected chi connectivity index (χ3v) is 3.01. The van der Waals surface area contributed by atoms with Gasteiger partial charge in [-0.25, -0.2) is 0 Å². The Morgan fingerprint density at radius 3 is 2.38 bits per heavy atom. The molecule has 2 rings (SSSR count). The van der Waals surface area contributed by atoms with E-state index in [1.165, 1.54) is 0 Å². The lowest BCUT2D eigenvalue weighted by molar-refractivity contribution is 0.0919. The quantitative estimate of drug-likeness (QED) is 0.939. The van der Waals surface area contributed by atoms with Crippen LogP contribution in [0.15, 0.2) is 48.8 Å². The van der Waals surface area contributed by atoms with Gasteiger partial charge in [0.2, 0.25) is 0 Å². The van der Waals surface area contributed by atoms with Crippen molar-refractivity contribution in [3.8, 4) is 0 Å². The van der Waals surface area contributed by atoms with Crippen LogP contribution in [0.1, 0.15) is 31.1 Å². The van der Waals surface area contributed by atoms with E-state index in [9.17, 15) is 4.79 Å². The molecular weight excluding hydrogens is 262 g/mol. The molecule has 0 unspecified atom stereocenters. The first-order valence-electron chi connectivity index (χ1n) is 6.93. The van der Waals surface area contributed by atoms with Crippen LogP contribution in [0.4, 0.5) is 11.4 Å². The van der Waals surface area contributed by atoms with Crippen LogP contribution in [0.3, 0.4) is 0 Å². The molecule has 4 nitrogen and oxygen atoms in total. The molecule has 4 heteroatoms. The molecule has 0 saturated heterocycles. The van der Waals surface area contributed by atoms with Crippen molar-refractivity contribution >= 4 is 17.3 Å². The van der Waals surface area contributed by atoms with Gasteiger partial charge in [-0.15, -0.1) is 0 Å². The maximum absolute atomic E-state index is 12.2. The second-order valence-electron chi connectivity index (χ2n) is 6.03. The van der Waals surface area contributed by atoms with Gasteiger partial charge >= 0.3 is 0 Å². The van der Waals surface area contributed by atoms with Crippen LogP contribution in [0.25, 0.3) is 0 Å². The summed E-state index contributed by atoms with van der Waals surface area (Å²) in [6, 6.07) is 11.8. The third-order valence-electron chi connectivity index (χ3n) is 3.01. The van der Waals surface area contributed by atoms with Gasteiger partial charge in [0.25, 0.3) is 5.91 Å². The largest absolute Gasteiger partial charge is 0.347 e. The molecule has 2 aromatic rings. The van der Waals surface area contributed by atoms with E-state index in [0.29, 0.717) is 5.56 Å². The summed E-state index contributed by atoms with van der Waals surface area (Å²) < 4.78 is 0. The number of aromatic nitrogens is 1. The van der Waals surface area contributed by atoms with E-state index in [1.54, 1.807) is 12.4 Å². The van der Waals surface area contributed by atoms with Crippen LogP contribution < -0.4 is 10.2 Å². The summed E-state index contributed by atoms with van der Waals surface area (Å²) in [4.78, 5) is 18.4. The number of hydrogen-bond acceptors (Lipinski definition) is 3. The Kier molecular flexibility index (Phi) is 4.26. The zero-order valence-corrected chi connectivity index (χ0v) is 12.9. The fourth-order valence-electron chi connectivity index (χ4n) is 1.95. The molecule has 1 N–H and O–H groups in total. The molecule has 1 heterocycles. The van der Waals surface area contributed by atoms with Crippen LogP contribution in [-0.2, 0) is 0 Å². The van der Waals surface area contributed by atoms with Crippen molar-refractivity contribution in [2.75, 3.05) is 11.9 Å². The number of benzene rings is 1. The van der Waals surface area contributed by atoms with Gasteiger partial charge in [0.05, 0.1) is 17.4 Å². The maximum atomic E-state index is 12.2. The molecular formula is C17H21N3O. The van der Waals surface area contributed by atoms with E-state index in [0.717, 1.165) is 11.4 Å². The predicted octanol–water partition coefficient (Wildman–Crippen LogP) is 3.38. The Morgan fingerprint density at radius 2 is 1.76 bits per heavy atom. The zero-order chi connectivity index (χ0) is 15.5. The topological polar surface area (TPSA) is 45.2 Å². The second-order valence-corrected chi connectivity index (χ2v) is 6.03. The maximum Gasteiger partial charge on any atom is 0.253 e. The van der Waals surface area contributed by atoms with E-state index in [4.69, 9.17) is 0 Å². The number of para-hydroxylation sites is 1. The molecule has 21 heavy (non-hydrogen) atoms. The van der Waals surface area contributed by atoms with Crippen LogP contribution in [0, 0.1) is 0 Å². The van der Waals surface area contributed by atoms with E-state index in [-0.39, 0.29) is 11.4 Å². The number of pyridine rings is 1. The van der Waals surface area contributed by atoms with Crippen molar-refractivity contribution < 1.29 is 4.79 Å². The molecule has 1 aromatic carbocycles. The van der Waals surface area contributed by atoms with Crippen molar-refractivity contribution in [2.24, 2.45) is 0 Å². The first-order chi connectivity index (χ1) is 9.87. The van der Waals surface area contributed by atoms with Crippen molar-refractivity contribution in [2.45, 2.75) is 26.3 Å². The number of amides is 1. The number of hydrogen-bond donors (Lipinski definition) is 1. The Bertz CT molecular complexity index is 617. The number of carbonyl (C=O) groups excluding carboxylic acids is 1. The lowest BCUT2D eigenvalue weighted by Crippen LogP contribution is -2.40. The number of nitrogens with one attached hydrogen (secondary N) is 1. The highest BCUT2D eigenvalue weighted by molar-refractivity contribution is 5.95. The minimum atomic E-state index is -0.265. The fourth-order valence-corrected chi connectivity index (χ4v) is 1.95. The standard InChI is InChI=1S/C17H21N3O/c1-17(2,3)19-16(21)13-10-15(12-18-11-13)20(4)14-8-6-5-7-9-14/h5-12H,1-4H3,(H,19,21). The highest BCUT2D eigenvalue weighted by Gasteiger charge is 2.16. The molecule has 1 amide bonds. The molecule has 1 aromatic heterocycles. The number of rotatable bonds is 3. The molecule has 0 atom stereocenters. The van der Waals surface area contributed by atoms with Gasteiger partial charge in [-0.05, 0) is 39.0 Å². The Hall–Kier alpha value is -2.36. The first-order valence-corrected chi connectivity index (χ1v) is 6.93. The zero-order valence-electron chi connectivity index (χ0n) is 12.9. The van der Waals surface area contributed by atoms with Crippen LogP contribution in [0.5, 0.6) is 0 Å². The lowest BCUT2D eigenvalue weighted by Gasteiger charge is -2.22. The van der Waals surface area contributed by atoms with Gasteiger partial charge in [-0.1, -0.05) is 18.2 Å². The molecule has 0 fully saturated rings. The Labute approximate surface area is 125 Å². The van der Waals surface area contributed by atoms with Crippen LogP contribution >= 0.6 is 0 Å². The summed E-state index contributed by atoms with van der Waals surface area (Å²) in [5, 5.41) is 2.94. The van der Waals surface area contributed by atoms with Crippen molar-refractivity contribution in [3.63, 3.8) is 0 Å². The third kappa shape index (κ3) is 4.05. The highest BCUT2D eigenvalue weighted by atomic mass is 16.1. The average Bonchev–Trinajstić information content (AvgIpc) is 2.46. The Morgan fingerprint density at radius 1 is 1.10 bits per heavy atom. The number of carbonyl (C=O) groups is 1. The molecule has 0 aliphatic carbocycles. The summed E-state index contributed by atoms with van der Waals surface area (Å²) in [5.74, 6) is -0.113. The van der Waals surface area contributed by atoms with E-state index < -0.39 is 0 Å². The molecule has 0 bridgehead atoms. The van der Waals surface area contributed by atoms with Gasteiger partial charge in [-0.3, -0.25) is 9.78 Å². The first kappa shape index (κ1) is 15.0. The summed E-state index contributed by atoms with van der Waals surface area (Å²) >= 11 is 0. The average molecular weight is 283 g/mol. The van der Waals surface area contributed by atoms with E-state index in [1.807, 2.05) is 69.1 Å². The van der Waals surface area contributed by atoms with Gasteiger partial charge in [0, 0.05) is 24.5 Å². The number of anilines is 2. The van der Waals surface area contributed by atoms with Crippen molar-refractivity contribution in [3.05, 3.63) is 54.4 Å². The molecule has 0 aliphatic rings. The molecule has 0 aliphatic heterocycles. The summed E-state index contributed by atoms with van der Waals surface area (Å²) in [7, 11) is 1.96. The van der Waals surface area contributed by atoms with Gasteiger partial charge in [0.15, 0.2) is 0 Å². The van der Waals surface area contributed by atoms with E-state index in [2.05, 4.69) is 10.3 Å². The summed E-state index contributed by atoms with van der Waals surface area (Å²) in [6.45, 7) is 5.87. The SMILES string of the molecule is CN(c1ccccc1)c1cncc(C(=O)NC(C)(C)C)c1. The predicted molar refractivity (Wildman–Crippen MR) is 86.0 cm³/mol. The van der Waals surface area contributed by atoms with Crippen LogP contribution in [-0.4, -0.2) is 23.5 Å². The smallest absolute Gasteiger partial charge is 0.253 e. The minimum absolute atomic E-state index is 0.113. The summed E-state index contributed by atoms with van der Waals surface area (Å²) in [5.41, 5.74) is 2.22. The van der Waals surface area contributed by atoms with Crippen molar-refractivity contribution in [1.82, 2.24) is 10.3 Å². The molecule has 0 spiro atoms. The molecule has 0 radical (unpaired) electrons. The number of nitrogens with zero attached hydrogens (tertiary/aromatic N) is 2. The summed E-state index contributed by atoms with van der Waals surface area (Å²) in [6.07, 6.45) is 3.34. The van der Waals surface area contributed by atoms with Crippen LogP contribution in [0.2, 0.25) is 0 Å². The lowest BCUT2D eigenvalue weighted by atomic mass is 10.1. The normalized spacial score (nSPS) is 11.0. The van der Waals surface area contributed by atoms with Gasteiger partial charge in [-0.2, -0.15) is 0 Å². The highest BCUT2D eigenvalue weighted by Crippen LogP contribution is 2.23. The minimum Gasteiger partial charge on any atom is -0.347 e. The molecule has 0 saturated carbocycles. The molecule has 110 valence electrons. The van der Waals surface area contributed by atoms with Gasteiger partial charge in [0.1, 0.15) is 0 Å². The van der Waals surface area contributed by atoms with E-state index >= 15 is 0 Å². The van der Waals surface area contributed by atoms with Gasteiger partial charge < -0.3 is 10.2 Å². The fraction of sp³-hybridized carbons (Fsp3) is 0.294. The monoisotopic (exact) mass is 283 g/mol. The second kappa shape index (κ2) is 5.95. The Balaban J connectivity index is 2.24. The van der Waals surface area contributed by atoms with Crippen molar-refractivity contribution in [1.29, 1.82) is 0 Å².